The number of anilines is 2. The summed E-state index contributed by atoms with van der Waals surface area (Å²) in [5.74, 6) is 0.818. The largest absolute Gasteiger partial charge is 0.494 e. The predicted octanol–water partition coefficient (Wildman–Crippen LogP) is 5.75. The van der Waals surface area contributed by atoms with Crippen LogP contribution >= 0.6 is 23.5 Å². The van der Waals surface area contributed by atoms with Crippen LogP contribution in [0, 0.1) is 0 Å². The summed E-state index contributed by atoms with van der Waals surface area (Å²) in [7, 11) is 0. The lowest BCUT2D eigenvalue weighted by Gasteiger charge is -2.17. The third-order valence-electron chi connectivity index (χ3n) is 6.49. The molecule has 0 unspecified atom stereocenters. The Morgan fingerprint density at radius 3 is 1.29 bits per heavy atom. The van der Waals surface area contributed by atoms with Crippen LogP contribution in [-0.4, -0.2) is 56.1 Å². The van der Waals surface area contributed by atoms with E-state index in [0.29, 0.717) is 24.6 Å². The van der Waals surface area contributed by atoms with Crippen molar-refractivity contribution < 1.29 is 28.7 Å². The number of imide groups is 2. The number of hydrogen-bond donors (Lipinski definition) is 2. The normalized spacial score (nSPS) is 18.5. The molecule has 218 valence electrons. The highest BCUT2D eigenvalue weighted by Gasteiger charge is 2.41. The molecule has 2 atom stereocenters. The minimum atomic E-state index is -0.719. The molecule has 2 aliphatic heterocycles. The molecule has 42 heavy (non-hydrogen) atoms. The number of carbonyl (C=O) groups excluding carboxylic acids is 4. The number of nitrogens with zero attached hydrogens (tertiary/aromatic N) is 2. The van der Waals surface area contributed by atoms with Gasteiger partial charge < -0.3 is 20.1 Å². The van der Waals surface area contributed by atoms with Crippen LogP contribution in [0.5, 0.6) is 11.5 Å². The third-order valence-corrected chi connectivity index (χ3v) is 8.44. The zero-order valence-electron chi connectivity index (χ0n) is 23.1. The van der Waals surface area contributed by atoms with Crippen molar-refractivity contribution in [1.29, 1.82) is 0 Å². The average Bonchev–Trinajstić information content (AvgIpc) is 3.40. The molecule has 0 saturated carbocycles. The molecule has 0 spiro atoms. The van der Waals surface area contributed by atoms with E-state index in [1.165, 1.54) is 9.80 Å². The molecule has 12 heteroatoms. The van der Waals surface area contributed by atoms with Gasteiger partial charge in [-0.25, -0.2) is 0 Å². The Morgan fingerprint density at radius 1 is 0.595 bits per heavy atom. The first-order chi connectivity index (χ1) is 20.3. The van der Waals surface area contributed by atoms with E-state index >= 15 is 0 Å². The lowest BCUT2D eigenvalue weighted by molar-refractivity contribution is -0.127. The van der Waals surface area contributed by atoms with Crippen molar-refractivity contribution in [2.45, 2.75) is 37.7 Å². The van der Waals surface area contributed by atoms with Gasteiger partial charge in [0.25, 0.3) is 22.3 Å². The fraction of sp³-hybridized carbons (Fsp3) is 0.267. The molecule has 2 aliphatic rings. The van der Waals surface area contributed by atoms with E-state index < -0.39 is 10.7 Å². The first-order valence-electron chi connectivity index (χ1n) is 13.4. The Balaban J connectivity index is 1.15. The van der Waals surface area contributed by atoms with Crippen LogP contribution in [0.25, 0.3) is 0 Å². The van der Waals surface area contributed by atoms with Crippen molar-refractivity contribution in [3.63, 3.8) is 0 Å². The summed E-state index contributed by atoms with van der Waals surface area (Å²) in [5.41, 5.74) is 2.94. The van der Waals surface area contributed by atoms with E-state index in [9.17, 15) is 19.2 Å². The second-order valence-electron chi connectivity index (χ2n) is 9.40. The molecule has 0 aromatic heterocycles. The molecule has 2 N–H and O–H groups in total. The second kappa shape index (κ2) is 13.2. The molecule has 2 heterocycles. The number of thioether (sulfide) groups is 2. The summed E-state index contributed by atoms with van der Waals surface area (Å²) in [6.07, 6.45) is 0. The number of rotatable bonds is 12. The minimum absolute atomic E-state index is 0.123. The quantitative estimate of drug-likeness (QED) is 0.264. The predicted molar refractivity (Wildman–Crippen MR) is 164 cm³/mol. The highest BCUT2D eigenvalue weighted by molar-refractivity contribution is 8.15. The maximum atomic E-state index is 13.0. The molecule has 5 rings (SSSR count). The zero-order valence-corrected chi connectivity index (χ0v) is 24.7. The van der Waals surface area contributed by atoms with Crippen molar-refractivity contribution in [1.82, 2.24) is 9.80 Å². The molecule has 0 bridgehead atoms. The van der Waals surface area contributed by atoms with E-state index in [-0.39, 0.29) is 35.4 Å². The highest BCUT2D eigenvalue weighted by atomic mass is 32.2. The molecule has 10 nitrogen and oxygen atoms in total. The topological polar surface area (TPSA) is 117 Å². The first-order valence-corrected chi connectivity index (χ1v) is 15.2. The van der Waals surface area contributed by atoms with Crippen molar-refractivity contribution in [2.75, 3.05) is 23.8 Å². The van der Waals surface area contributed by atoms with Gasteiger partial charge in [0.1, 0.15) is 11.5 Å². The van der Waals surface area contributed by atoms with Gasteiger partial charge in [0.2, 0.25) is 0 Å². The summed E-state index contributed by atoms with van der Waals surface area (Å²) in [6.45, 7) is 5.18. The van der Waals surface area contributed by atoms with Crippen LogP contribution < -0.4 is 20.1 Å². The van der Waals surface area contributed by atoms with Crippen molar-refractivity contribution in [3.05, 3.63) is 83.9 Å². The summed E-state index contributed by atoms with van der Waals surface area (Å²) in [4.78, 5) is 53.6. The van der Waals surface area contributed by atoms with Crippen LogP contribution in [0.15, 0.2) is 72.8 Å². The number of hydrogen-bond acceptors (Lipinski definition) is 10. The molecule has 0 aliphatic carbocycles. The standard InChI is InChI=1S/C30H30N4O6S2/c1-3-39-23-13-9-21(10-14-23)31-25-27(35)33(29(37)41-25)17-19-5-7-20(8-6-19)18-34-28(36)26(42-30(34)38)32-22-11-15-24(16-12-22)40-4-2/h5-16,25-26,31-32H,3-4,17-18H2,1-2H3/t25-,26-/m0/s1. The van der Waals surface area contributed by atoms with Crippen LogP contribution in [0.1, 0.15) is 25.0 Å². The molecular weight excluding hydrogens is 576 g/mol. The number of benzene rings is 3. The summed E-state index contributed by atoms with van der Waals surface area (Å²) >= 11 is 1.88. The SMILES string of the molecule is CCOc1ccc(N[C@H]2SC(=O)N(Cc3ccc(CN4C(=O)S[C@H](Nc5ccc(OCC)cc5)C4=O)cc3)C2=O)cc1. The van der Waals surface area contributed by atoms with Gasteiger partial charge in [0, 0.05) is 11.4 Å². The molecular formula is C30H30N4O6S2. The van der Waals surface area contributed by atoms with Gasteiger partial charge in [-0.2, -0.15) is 0 Å². The van der Waals surface area contributed by atoms with Crippen LogP contribution in [0.3, 0.4) is 0 Å². The van der Waals surface area contributed by atoms with Gasteiger partial charge in [-0.3, -0.25) is 29.0 Å². The number of ether oxygens (including phenoxy) is 2. The first kappa shape index (κ1) is 29.3. The van der Waals surface area contributed by atoms with Crippen molar-refractivity contribution in [2.24, 2.45) is 0 Å². The lowest BCUT2D eigenvalue weighted by atomic mass is 10.1. The minimum Gasteiger partial charge on any atom is -0.494 e. The molecule has 2 fully saturated rings. The van der Waals surface area contributed by atoms with Gasteiger partial charge in [0.15, 0.2) is 10.7 Å². The number of nitrogens with one attached hydrogen (secondary N) is 2. The summed E-state index contributed by atoms with van der Waals surface area (Å²) in [5, 5.41) is 4.11. The smallest absolute Gasteiger partial charge is 0.291 e. The number of carbonyl (C=O) groups is 4. The molecule has 4 amide bonds. The van der Waals surface area contributed by atoms with Gasteiger partial charge in [-0.15, -0.1) is 0 Å². The van der Waals surface area contributed by atoms with E-state index in [2.05, 4.69) is 10.6 Å². The summed E-state index contributed by atoms with van der Waals surface area (Å²) in [6, 6.07) is 21.6. The third kappa shape index (κ3) is 6.82. The number of amides is 4. The average molecular weight is 607 g/mol. The Hall–Kier alpha value is -4.16. The molecule has 3 aromatic carbocycles. The second-order valence-corrected chi connectivity index (χ2v) is 11.5. The lowest BCUT2D eigenvalue weighted by Crippen LogP contribution is -2.34. The maximum Gasteiger partial charge on any atom is 0.291 e. The maximum absolute atomic E-state index is 13.0. The van der Waals surface area contributed by atoms with Crippen LogP contribution in [-0.2, 0) is 22.7 Å². The van der Waals surface area contributed by atoms with E-state index in [4.69, 9.17) is 9.47 Å². The van der Waals surface area contributed by atoms with Gasteiger partial charge in [-0.1, -0.05) is 24.3 Å². The fourth-order valence-electron chi connectivity index (χ4n) is 4.41. The van der Waals surface area contributed by atoms with Crippen molar-refractivity contribution >= 4 is 57.2 Å². The van der Waals surface area contributed by atoms with Gasteiger partial charge in [-0.05, 0) is 97.0 Å². The molecule has 3 aromatic rings. The molecule has 0 radical (unpaired) electrons. The van der Waals surface area contributed by atoms with Crippen molar-refractivity contribution in [3.8, 4) is 11.5 Å². The Labute approximate surface area is 252 Å². The Morgan fingerprint density at radius 2 is 0.952 bits per heavy atom. The highest BCUT2D eigenvalue weighted by Crippen LogP contribution is 2.32. The van der Waals surface area contributed by atoms with Gasteiger partial charge in [0.05, 0.1) is 26.3 Å². The zero-order chi connectivity index (χ0) is 29.6. The van der Waals surface area contributed by atoms with Crippen LogP contribution in [0.2, 0.25) is 0 Å². The van der Waals surface area contributed by atoms with Gasteiger partial charge >= 0.3 is 0 Å². The monoisotopic (exact) mass is 606 g/mol. The summed E-state index contributed by atoms with van der Waals surface area (Å²) < 4.78 is 10.9. The Bertz CT molecular complexity index is 1340. The van der Waals surface area contributed by atoms with E-state index in [0.717, 1.165) is 46.1 Å². The fourth-order valence-corrected chi connectivity index (χ4v) is 6.22. The van der Waals surface area contributed by atoms with E-state index in [1.54, 1.807) is 72.8 Å². The molecule has 2 saturated heterocycles. The van der Waals surface area contributed by atoms with E-state index in [1.807, 2.05) is 13.8 Å². The van der Waals surface area contributed by atoms with Crippen LogP contribution in [0.4, 0.5) is 21.0 Å². The Kier molecular flexibility index (Phi) is 9.23.